The predicted molar refractivity (Wildman–Crippen MR) is 69.1 cm³/mol. The van der Waals surface area contributed by atoms with E-state index in [9.17, 15) is 0 Å². The van der Waals surface area contributed by atoms with Crippen molar-refractivity contribution in [2.24, 2.45) is 5.92 Å². The molecule has 0 radical (unpaired) electrons. The lowest BCUT2D eigenvalue weighted by Gasteiger charge is -2.21. The van der Waals surface area contributed by atoms with E-state index in [2.05, 4.69) is 36.7 Å². The molecule has 3 nitrogen and oxygen atoms in total. The van der Waals surface area contributed by atoms with Crippen LogP contribution in [0.25, 0.3) is 0 Å². The van der Waals surface area contributed by atoms with Crippen LogP contribution in [-0.2, 0) is 16.7 Å². The third-order valence-electron chi connectivity index (χ3n) is 3.51. The van der Waals surface area contributed by atoms with Crippen molar-refractivity contribution >= 4 is 0 Å². The Hall–Kier alpha value is -0.830. The van der Waals surface area contributed by atoms with Gasteiger partial charge < -0.3 is 4.74 Å². The summed E-state index contributed by atoms with van der Waals surface area (Å²) in [5.41, 5.74) is 1.46. The summed E-state index contributed by atoms with van der Waals surface area (Å²) in [6.07, 6.45) is 9.10. The average molecular weight is 236 g/mol. The van der Waals surface area contributed by atoms with Crippen LogP contribution in [0.3, 0.4) is 0 Å². The van der Waals surface area contributed by atoms with Crippen LogP contribution in [0.4, 0.5) is 0 Å². The Bertz CT molecular complexity index is 345. The molecule has 17 heavy (non-hydrogen) atoms. The Morgan fingerprint density at radius 1 is 1.35 bits per heavy atom. The zero-order chi connectivity index (χ0) is 12.3. The molecule has 2 rings (SSSR count). The van der Waals surface area contributed by atoms with Crippen molar-refractivity contribution in [3.63, 3.8) is 0 Å². The van der Waals surface area contributed by atoms with Gasteiger partial charge in [0.1, 0.15) is 0 Å². The Labute approximate surface area is 104 Å². The van der Waals surface area contributed by atoms with Gasteiger partial charge in [-0.25, -0.2) is 0 Å². The van der Waals surface area contributed by atoms with E-state index >= 15 is 0 Å². The zero-order valence-corrected chi connectivity index (χ0v) is 11.3. The first-order chi connectivity index (χ1) is 8.05. The maximum atomic E-state index is 5.38. The van der Waals surface area contributed by atoms with Crippen molar-refractivity contribution < 1.29 is 4.74 Å². The van der Waals surface area contributed by atoms with Gasteiger partial charge in [0.05, 0.1) is 11.7 Å². The fourth-order valence-corrected chi connectivity index (χ4v) is 2.26. The van der Waals surface area contributed by atoms with E-state index in [1.165, 1.54) is 24.8 Å². The molecule has 0 saturated carbocycles. The first-order valence-electron chi connectivity index (χ1n) is 6.67. The van der Waals surface area contributed by atoms with E-state index in [0.717, 1.165) is 25.6 Å². The molecule has 0 spiro atoms. The maximum Gasteiger partial charge on any atom is 0.0543 e. The molecule has 2 heterocycles. The van der Waals surface area contributed by atoms with Gasteiger partial charge in [0.25, 0.3) is 0 Å². The number of aromatic nitrogens is 2. The average Bonchev–Trinajstić information content (AvgIpc) is 2.76. The van der Waals surface area contributed by atoms with Crippen LogP contribution in [0.2, 0.25) is 0 Å². The largest absolute Gasteiger partial charge is 0.381 e. The third-order valence-corrected chi connectivity index (χ3v) is 3.51. The summed E-state index contributed by atoms with van der Waals surface area (Å²) in [5.74, 6) is 0.849. The summed E-state index contributed by atoms with van der Waals surface area (Å²) < 4.78 is 7.45. The monoisotopic (exact) mass is 236 g/mol. The molecule has 0 amide bonds. The molecule has 0 atom stereocenters. The fraction of sp³-hybridized carbons (Fsp3) is 0.786. The highest BCUT2D eigenvalue weighted by atomic mass is 16.5. The number of nitrogens with zero attached hydrogens (tertiary/aromatic N) is 2. The van der Waals surface area contributed by atoms with E-state index in [1.807, 2.05) is 6.20 Å². The minimum atomic E-state index is 0.0942. The van der Waals surface area contributed by atoms with E-state index in [1.54, 1.807) is 0 Å². The summed E-state index contributed by atoms with van der Waals surface area (Å²) >= 11 is 0. The molecule has 1 saturated heterocycles. The van der Waals surface area contributed by atoms with Crippen molar-refractivity contribution in [2.75, 3.05) is 13.2 Å². The highest BCUT2D eigenvalue weighted by molar-refractivity contribution is 5.05. The van der Waals surface area contributed by atoms with Gasteiger partial charge in [-0.3, -0.25) is 4.68 Å². The first kappa shape index (κ1) is 12.6. The molecule has 0 aromatic carbocycles. The number of aryl methyl sites for hydroxylation is 1. The Morgan fingerprint density at radius 3 is 2.65 bits per heavy atom. The second-order valence-electron chi connectivity index (χ2n) is 6.06. The van der Waals surface area contributed by atoms with Crippen molar-refractivity contribution in [1.29, 1.82) is 0 Å². The second-order valence-corrected chi connectivity index (χ2v) is 6.06. The van der Waals surface area contributed by atoms with Crippen LogP contribution in [0.15, 0.2) is 12.4 Å². The van der Waals surface area contributed by atoms with Gasteiger partial charge >= 0.3 is 0 Å². The van der Waals surface area contributed by atoms with Gasteiger partial charge in [-0.05, 0) is 57.9 Å². The van der Waals surface area contributed by atoms with Gasteiger partial charge in [0.2, 0.25) is 0 Å². The number of ether oxygens (including phenoxy) is 1. The van der Waals surface area contributed by atoms with Crippen molar-refractivity contribution in [3.8, 4) is 0 Å². The van der Waals surface area contributed by atoms with Gasteiger partial charge in [0, 0.05) is 19.4 Å². The maximum absolute atomic E-state index is 5.38. The van der Waals surface area contributed by atoms with Crippen molar-refractivity contribution in [1.82, 2.24) is 9.78 Å². The summed E-state index contributed by atoms with van der Waals surface area (Å²) in [6, 6.07) is 0. The van der Waals surface area contributed by atoms with Crippen LogP contribution in [0, 0.1) is 5.92 Å². The van der Waals surface area contributed by atoms with Crippen molar-refractivity contribution in [3.05, 3.63) is 18.0 Å². The third kappa shape index (κ3) is 3.56. The molecule has 1 fully saturated rings. The molecular weight excluding hydrogens is 212 g/mol. The first-order valence-corrected chi connectivity index (χ1v) is 6.67. The smallest absolute Gasteiger partial charge is 0.0543 e. The lowest BCUT2D eigenvalue weighted by Crippen LogP contribution is -2.22. The van der Waals surface area contributed by atoms with E-state index in [4.69, 9.17) is 4.74 Å². The lowest BCUT2D eigenvalue weighted by molar-refractivity contribution is 0.0640. The van der Waals surface area contributed by atoms with Crippen LogP contribution < -0.4 is 0 Å². The molecule has 1 aromatic heterocycles. The van der Waals surface area contributed by atoms with Crippen molar-refractivity contribution in [2.45, 2.75) is 52.0 Å². The van der Waals surface area contributed by atoms with Gasteiger partial charge in [-0.2, -0.15) is 5.10 Å². The van der Waals surface area contributed by atoms with Crippen LogP contribution >= 0.6 is 0 Å². The second kappa shape index (κ2) is 5.21. The quantitative estimate of drug-likeness (QED) is 0.806. The van der Waals surface area contributed by atoms with E-state index < -0.39 is 0 Å². The Balaban J connectivity index is 1.84. The van der Waals surface area contributed by atoms with E-state index in [0.29, 0.717) is 0 Å². The van der Waals surface area contributed by atoms with Crippen LogP contribution in [-0.4, -0.2) is 23.0 Å². The molecular formula is C14H24N2O. The SMILES string of the molecule is CC(C)(C)n1cc(CCC2CCOCC2)cn1. The molecule has 1 aromatic rings. The zero-order valence-electron chi connectivity index (χ0n) is 11.3. The van der Waals surface area contributed by atoms with Crippen LogP contribution in [0.1, 0.15) is 45.6 Å². The molecule has 96 valence electrons. The summed E-state index contributed by atoms with van der Waals surface area (Å²) in [4.78, 5) is 0. The molecule has 0 aliphatic carbocycles. The lowest BCUT2D eigenvalue weighted by atomic mass is 9.93. The molecule has 3 heteroatoms. The molecule has 1 aliphatic rings. The predicted octanol–water partition coefficient (Wildman–Crippen LogP) is 3.00. The van der Waals surface area contributed by atoms with Gasteiger partial charge in [-0.15, -0.1) is 0 Å². The molecule has 0 unspecified atom stereocenters. The van der Waals surface area contributed by atoms with Gasteiger partial charge in [0.15, 0.2) is 0 Å². The Morgan fingerprint density at radius 2 is 2.06 bits per heavy atom. The molecule has 1 aliphatic heterocycles. The normalized spacial score (nSPS) is 18.5. The minimum Gasteiger partial charge on any atom is -0.381 e. The van der Waals surface area contributed by atoms with Gasteiger partial charge in [-0.1, -0.05) is 0 Å². The molecule has 0 bridgehead atoms. The summed E-state index contributed by atoms with van der Waals surface area (Å²) in [6.45, 7) is 8.45. The topological polar surface area (TPSA) is 27.1 Å². The summed E-state index contributed by atoms with van der Waals surface area (Å²) in [5, 5.41) is 4.44. The number of rotatable bonds is 3. The highest BCUT2D eigenvalue weighted by Crippen LogP contribution is 2.21. The fourth-order valence-electron chi connectivity index (χ4n) is 2.26. The highest BCUT2D eigenvalue weighted by Gasteiger charge is 2.16. The van der Waals surface area contributed by atoms with E-state index in [-0.39, 0.29) is 5.54 Å². The molecule has 0 N–H and O–H groups in total. The Kier molecular flexibility index (Phi) is 3.87. The number of hydrogen-bond donors (Lipinski definition) is 0. The number of hydrogen-bond acceptors (Lipinski definition) is 2. The minimum absolute atomic E-state index is 0.0942. The van der Waals surface area contributed by atoms with Crippen LogP contribution in [0.5, 0.6) is 0 Å². The standard InChI is InChI=1S/C14H24N2O/c1-14(2,3)16-11-13(10-15-16)5-4-12-6-8-17-9-7-12/h10-12H,4-9H2,1-3H3. The summed E-state index contributed by atoms with van der Waals surface area (Å²) in [7, 11) is 0.